The van der Waals surface area contributed by atoms with Crippen LogP contribution < -0.4 is 10.9 Å². The Bertz CT molecular complexity index is 1050. The Balaban J connectivity index is 1.24. The summed E-state index contributed by atoms with van der Waals surface area (Å²) < 4.78 is 0. The molecule has 0 bridgehead atoms. The molecule has 2 N–H and O–H groups in total. The van der Waals surface area contributed by atoms with Crippen molar-refractivity contribution in [3.8, 4) is 0 Å². The van der Waals surface area contributed by atoms with Crippen LogP contribution in [-0.2, 0) is 17.8 Å². The van der Waals surface area contributed by atoms with Gasteiger partial charge >= 0.3 is 0 Å². The fourth-order valence-electron chi connectivity index (χ4n) is 4.13. The van der Waals surface area contributed by atoms with Gasteiger partial charge in [-0.15, -0.1) is 0 Å². The van der Waals surface area contributed by atoms with Crippen molar-refractivity contribution in [1.82, 2.24) is 20.2 Å². The van der Waals surface area contributed by atoms with Crippen LogP contribution in [0.4, 0.5) is 0 Å². The molecule has 2 aromatic carbocycles. The van der Waals surface area contributed by atoms with Gasteiger partial charge in [0.2, 0.25) is 5.91 Å². The molecule has 6 nitrogen and oxygen atoms in total. The molecular formula is C24H28N4O2. The van der Waals surface area contributed by atoms with Crippen LogP contribution in [-0.4, -0.2) is 39.9 Å². The Morgan fingerprint density at radius 2 is 1.93 bits per heavy atom. The number of amides is 1. The van der Waals surface area contributed by atoms with Gasteiger partial charge in [-0.05, 0) is 43.5 Å². The van der Waals surface area contributed by atoms with Crippen LogP contribution in [0.15, 0.2) is 59.4 Å². The molecule has 0 aliphatic carbocycles. The third-order valence-electron chi connectivity index (χ3n) is 5.60. The lowest BCUT2D eigenvalue weighted by atomic mass is 10.0. The van der Waals surface area contributed by atoms with Crippen molar-refractivity contribution in [3.63, 3.8) is 0 Å². The lowest BCUT2D eigenvalue weighted by Gasteiger charge is -2.33. The molecule has 1 aliphatic heterocycles. The molecule has 6 heteroatoms. The average Bonchev–Trinajstić information content (AvgIpc) is 2.75. The van der Waals surface area contributed by atoms with Crippen molar-refractivity contribution < 1.29 is 4.79 Å². The number of aryl methyl sites for hydroxylation is 1. The zero-order chi connectivity index (χ0) is 20.8. The van der Waals surface area contributed by atoms with Gasteiger partial charge in [0.05, 0.1) is 10.9 Å². The maximum atomic E-state index is 12.4. The van der Waals surface area contributed by atoms with E-state index in [-0.39, 0.29) is 17.5 Å². The molecule has 1 aromatic heterocycles. The number of carbonyl (C=O) groups excluding carboxylic acids is 1. The topological polar surface area (TPSA) is 78.1 Å². The van der Waals surface area contributed by atoms with Crippen molar-refractivity contribution in [3.05, 3.63) is 76.3 Å². The van der Waals surface area contributed by atoms with E-state index in [1.165, 1.54) is 5.56 Å². The first-order valence-electron chi connectivity index (χ1n) is 10.7. The second-order valence-electron chi connectivity index (χ2n) is 8.01. The first kappa shape index (κ1) is 20.3. The Hall–Kier alpha value is -2.99. The average molecular weight is 405 g/mol. The molecule has 2 heterocycles. The summed E-state index contributed by atoms with van der Waals surface area (Å²) in [6.07, 6.45) is 3.80. The number of nitrogens with zero attached hydrogens (tertiary/aromatic N) is 2. The molecule has 0 radical (unpaired) electrons. The zero-order valence-electron chi connectivity index (χ0n) is 17.1. The number of hydrogen-bond donors (Lipinski definition) is 2. The SMILES string of the molecule is O=C(CCCc1nc2ccccc2c(=O)[nH]1)NC1CCCN(Cc2ccccc2)C1. The van der Waals surface area contributed by atoms with Crippen LogP contribution in [0, 0.1) is 0 Å². The highest BCUT2D eigenvalue weighted by Gasteiger charge is 2.21. The van der Waals surface area contributed by atoms with Crippen LogP contribution >= 0.6 is 0 Å². The summed E-state index contributed by atoms with van der Waals surface area (Å²) >= 11 is 0. The van der Waals surface area contributed by atoms with Gasteiger partial charge in [0.25, 0.3) is 5.56 Å². The minimum absolute atomic E-state index is 0.0738. The fourth-order valence-corrected chi connectivity index (χ4v) is 4.13. The van der Waals surface area contributed by atoms with Crippen molar-refractivity contribution >= 4 is 16.8 Å². The largest absolute Gasteiger partial charge is 0.352 e. The van der Waals surface area contributed by atoms with Gasteiger partial charge in [0, 0.05) is 32.0 Å². The number of likely N-dealkylation sites (tertiary alicyclic amines) is 1. The lowest BCUT2D eigenvalue weighted by Crippen LogP contribution is -2.47. The predicted octanol–water partition coefficient (Wildman–Crippen LogP) is 3.03. The number of aromatic nitrogens is 2. The third-order valence-corrected chi connectivity index (χ3v) is 5.60. The van der Waals surface area contributed by atoms with E-state index in [1.807, 2.05) is 24.3 Å². The summed E-state index contributed by atoms with van der Waals surface area (Å²) in [7, 11) is 0. The molecule has 3 aromatic rings. The summed E-state index contributed by atoms with van der Waals surface area (Å²) in [6.45, 7) is 2.89. The third kappa shape index (κ3) is 5.33. The van der Waals surface area contributed by atoms with E-state index >= 15 is 0 Å². The second-order valence-corrected chi connectivity index (χ2v) is 8.01. The molecule has 1 aliphatic rings. The van der Waals surface area contributed by atoms with Gasteiger partial charge in [-0.25, -0.2) is 4.98 Å². The smallest absolute Gasteiger partial charge is 0.258 e. The van der Waals surface area contributed by atoms with Gasteiger partial charge in [0.15, 0.2) is 0 Å². The number of aromatic amines is 1. The molecule has 1 amide bonds. The minimum Gasteiger partial charge on any atom is -0.352 e. The van der Waals surface area contributed by atoms with E-state index in [2.05, 4.69) is 44.5 Å². The summed E-state index contributed by atoms with van der Waals surface area (Å²) in [5.74, 6) is 0.711. The first-order valence-corrected chi connectivity index (χ1v) is 10.7. The number of H-pyrrole nitrogens is 1. The summed E-state index contributed by atoms with van der Waals surface area (Å²) in [6, 6.07) is 18.0. The number of fused-ring (bicyclic) bond motifs is 1. The van der Waals surface area contributed by atoms with Crippen molar-refractivity contribution in [2.75, 3.05) is 13.1 Å². The van der Waals surface area contributed by atoms with Gasteiger partial charge in [0.1, 0.15) is 5.82 Å². The Morgan fingerprint density at radius 1 is 1.13 bits per heavy atom. The molecule has 1 saturated heterocycles. The Kier molecular flexibility index (Phi) is 6.54. The van der Waals surface area contributed by atoms with Crippen LogP contribution in [0.5, 0.6) is 0 Å². The molecule has 4 rings (SSSR count). The molecular weight excluding hydrogens is 376 g/mol. The number of rotatable bonds is 7. The highest BCUT2D eigenvalue weighted by Crippen LogP contribution is 2.14. The van der Waals surface area contributed by atoms with E-state index in [0.29, 0.717) is 36.0 Å². The molecule has 0 spiro atoms. The number of carbonyl (C=O) groups is 1. The van der Waals surface area contributed by atoms with Crippen LogP contribution in [0.25, 0.3) is 10.9 Å². The quantitative estimate of drug-likeness (QED) is 0.635. The molecule has 1 fully saturated rings. The number of para-hydroxylation sites is 1. The van der Waals surface area contributed by atoms with Crippen molar-refractivity contribution in [2.24, 2.45) is 0 Å². The first-order chi connectivity index (χ1) is 14.7. The lowest BCUT2D eigenvalue weighted by molar-refractivity contribution is -0.122. The highest BCUT2D eigenvalue weighted by molar-refractivity contribution is 5.77. The van der Waals surface area contributed by atoms with E-state index in [4.69, 9.17) is 0 Å². The van der Waals surface area contributed by atoms with Crippen LogP contribution in [0.2, 0.25) is 0 Å². The van der Waals surface area contributed by atoms with Gasteiger partial charge in [-0.3, -0.25) is 14.5 Å². The number of hydrogen-bond acceptors (Lipinski definition) is 4. The maximum Gasteiger partial charge on any atom is 0.258 e. The molecule has 156 valence electrons. The molecule has 0 saturated carbocycles. The number of benzene rings is 2. The molecule has 1 unspecified atom stereocenters. The van der Waals surface area contributed by atoms with Gasteiger partial charge in [-0.1, -0.05) is 42.5 Å². The Labute approximate surface area is 176 Å². The van der Waals surface area contributed by atoms with Crippen LogP contribution in [0.3, 0.4) is 0 Å². The zero-order valence-corrected chi connectivity index (χ0v) is 17.1. The van der Waals surface area contributed by atoms with E-state index in [9.17, 15) is 9.59 Å². The van der Waals surface area contributed by atoms with E-state index < -0.39 is 0 Å². The highest BCUT2D eigenvalue weighted by atomic mass is 16.1. The monoisotopic (exact) mass is 404 g/mol. The summed E-state index contributed by atoms with van der Waals surface area (Å²) in [4.78, 5) is 34.3. The van der Waals surface area contributed by atoms with Crippen molar-refractivity contribution in [2.45, 2.75) is 44.7 Å². The molecule has 30 heavy (non-hydrogen) atoms. The van der Waals surface area contributed by atoms with Gasteiger partial charge < -0.3 is 10.3 Å². The van der Waals surface area contributed by atoms with E-state index in [1.54, 1.807) is 6.07 Å². The minimum atomic E-state index is -0.124. The standard InChI is InChI=1S/C24H28N4O2/c29-23(14-6-13-22-26-21-12-5-4-11-20(21)24(30)27-22)25-19-10-7-15-28(17-19)16-18-8-2-1-3-9-18/h1-5,8-9,11-12,19H,6-7,10,13-17H2,(H,25,29)(H,26,27,30). The summed E-state index contributed by atoms with van der Waals surface area (Å²) in [5.41, 5.74) is 1.88. The molecule has 1 atom stereocenters. The fraction of sp³-hybridized carbons (Fsp3) is 0.375. The van der Waals surface area contributed by atoms with Crippen molar-refractivity contribution in [1.29, 1.82) is 0 Å². The summed E-state index contributed by atoms with van der Waals surface area (Å²) in [5, 5.41) is 3.78. The number of piperidine rings is 1. The van der Waals surface area contributed by atoms with Crippen LogP contribution in [0.1, 0.15) is 37.1 Å². The second kappa shape index (κ2) is 9.67. The normalized spacial score (nSPS) is 17.1. The van der Waals surface area contributed by atoms with Gasteiger partial charge in [-0.2, -0.15) is 0 Å². The maximum absolute atomic E-state index is 12.4. The van der Waals surface area contributed by atoms with E-state index in [0.717, 1.165) is 32.5 Å². The number of nitrogens with one attached hydrogen (secondary N) is 2. The predicted molar refractivity (Wildman–Crippen MR) is 118 cm³/mol. The Morgan fingerprint density at radius 3 is 2.80 bits per heavy atom.